The van der Waals surface area contributed by atoms with Crippen LogP contribution in [-0.4, -0.2) is 46.9 Å². The fraction of sp³-hybridized carbons (Fsp3) is 0.304. The number of benzene rings is 2. The number of aryl methyl sites for hydroxylation is 1. The average molecular weight is 453 g/mol. The van der Waals surface area contributed by atoms with Gasteiger partial charge in [-0.1, -0.05) is 17.7 Å². The van der Waals surface area contributed by atoms with Crippen molar-refractivity contribution in [1.29, 1.82) is 0 Å². The van der Waals surface area contributed by atoms with Gasteiger partial charge in [0.15, 0.2) is 0 Å². The number of amides is 1. The molecule has 1 aromatic heterocycles. The van der Waals surface area contributed by atoms with Gasteiger partial charge < -0.3 is 14.5 Å². The molecule has 9 heteroatoms. The van der Waals surface area contributed by atoms with Crippen molar-refractivity contribution < 1.29 is 14.5 Å². The van der Waals surface area contributed by atoms with Crippen LogP contribution in [-0.2, 0) is 17.8 Å². The van der Waals surface area contributed by atoms with Crippen LogP contribution in [0.5, 0.6) is 5.75 Å². The number of carbonyl (C=O) groups excluding carboxylic acids is 1. The zero-order valence-electron chi connectivity index (χ0n) is 17.8. The predicted octanol–water partition coefficient (Wildman–Crippen LogP) is 3.83. The monoisotopic (exact) mass is 452 g/mol. The lowest BCUT2D eigenvalue weighted by Crippen LogP contribution is -2.49. The van der Waals surface area contributed by atoms with Crippen molar-refractivity contribution in [1.82, 2.24) is 9.88 Å². The molecular weight excluding hydrogens is 428 g/mol. The van der Waals surface area contributed by atoms with E-state index in [2.05, 4.69) is 9.88 Å². The van der Waals surface area contributed by atoms with E-state index in [9.17, 15) is 14.9 Å². The third-order valence-corrected chi connectivity index (χ3v) is 6.24. The average Bonchev–Trinajstić information content (AvgIpc) is 3.26. The van der Waals surface area contributed by atoms with Crippen LogP contribution in [0.2, 0.25) is 0 Å². The number of hydrogen-bond donors (Lipinski definition) is 0. The first-order valence-electron chi connectivity index (χ1n) is 10.4. The highest BCUT2D eigenvalue weighted by atomic mass is 32.1. The summed E-state index contributed by atoms with van der Waals surface area (Å²) in [7, 11) is 0. The molecule has 0 bridgehead atoms. The molecule has 0 N–H and O–H groups in total. The highest BCUT2D eigenvalue weighted by molar-refractivity contribution is 7.09. The number of ether oxygens (including phenoxy) is 1. The fourth-order valence-corrected chi connectivity index (χ4v) is 4.25. The molecule has 0 spiro atoms. The zero-order chi connectivity index (χ0) is 22.5. The van der Waals surface area contributed by atoms with Gasteiger partial charge in [-0.2, -0.15) is 0 Å². The molecular formula is C23H24N4O4S. The Kier molecular flexibility index (Phi) is 6.65. The maximum atomic E-state index is 12.7. The topological polar surface area (TPSA) is 88.8 Å². The first-order valence-corrected chi connectivity index (χ1v) is 11.3. The van der Waals surface area contributed by atoms with Crippen LogP contribution >= 0.6 is 11.3 Å². The third kappa shape index (κ3) is 5.42. The van der Waals surface area contributed by atoms with Gasteiger partial charge in [0.05, 0.1) is 17.0 Å². The maximum Gasteiger partial charge on any atom is 0.269 e. The van der Waals surface area contributed by atoms with Crippen molar-refractivity contribution in [3.05, 3.63) is 80.3 Å². The van der Waals surface area contributed by atoms with Crippen molar-refractivity contribution in [2.75, 3.05) is 31.1 Å². The fourth-order valence-electron chi connectivity index (χ4n) is 3.54. The molecule has 0 saturated carbocycles. The summed E-state index contributed by atoms with van der Waals surface area (Å²) in [5.74, 6) is 0.860. The van der Waals surface area contributed by atoms with E-state index in [1.807, 2.05) is 41.5 Å². The molecule has 0 unspecified atom stereocenters. The van der Waals surface area contributed by atoms with Crippen molar-refractivity contribution in [2.24, 2.45) is 0 Å². The van der Waals surface area contributed by atoms with Gasteiger partial charge in [0, 0.05) is 49.4 Å². The van der Waals surface area contributed by atoms with E-state index in [1.54, 1.807) is 12.1 Å². The molecule has 2 heterocycles. The molecule has 0 atom stereocenters. The summed E-state index contributed by atoms with van der Waals surface area (Å²) in [5, 5.41) is 13.6. The summed E-state index contributed by atoms with van der Waals surface area (Å²) in [6.45, 7) is 5.03. The SMILES string of the molecule is Cc1ccc(OCc2nc(CC(=O)N3CCN(c4ccc([N+](=O)[O-])cc4)CC3)cs2)cc1. The number of hydrogen-bond acceptors (Lipinski definition) is 7. The molecule has 1 aliphatic heterocycles. The van der Waals surface area contributed by atoms with Gasteiger partial charge in [-0.15, -0.1) is 11.3 Å². The third-order valence-electron chi connectivity index (χ3n) is 5.37. The first kappa shape index (κ1) is 21.8. The van der Waals surface area contributed by atoms with Gasteiger partial charge >= 0.3 is 0 Å². The summed E-state index contributed by atoms with van der Waals surface area (Å²) >= 11 is 1.50. The van der Waals surface area contributed by atoms with Crippen molar-refractivity contribution in [2.45, 2.75) is 20.0 Å². The van der Waals surface area contributed by atoms with Crippen molar-refractivity contribution in [3.63, 3.8) is 0 Å². The Labute approximate surface area is 190 Å². The van der Waals surface area contributed by atoms with Crippen LogP contribution < -0.4 is 9.64 Å². The summed E-state index contributed by atoms with van der Waals surface area (Å²) in [4.78, 5) is 31.6. The van der Waals surface area contributed by atoms with Gasteiger partial charge in [-0.25, -0.2) is 4.98 Å². The number of carbonyl (C=O) groups is 1. The van der Waals surface area contributed by atoms with Gasteiger partial charge in [0.25, 0.3) is 5.69 Å². The largest absolute Gasteiger partial charge is 0.486 e. The van der Waals surface area contributed by atoms with Crippen LogP contribution in [0.4, 0.5) is 11.4 Å². The normalized spacial score (nSPS) is 13.8. The minimum absolute atomic E-state index is 0.0599. The lowest BCUT2D eigenvalue weighted by Gasteiger charge is -2.36. The Balaban J connectivity index is 1.25. The zero-order valence-corrected chi connectivity index (χ0v) is 18.6. The predicted molar refractivity (Wildman–Crippen MR) is 123 cm³/mol. The molecule has 0 aliphatic carbocycles. The molecule has 2 aromatic carbocycles. The highest BCUT2D eigenvalue weighted by Crippen LogP contribution is 2.21. The van der Waals surface area contributed by atoms with Crippen LogP contribution in [0.25, 0.3) is 0 Å². The Morgan fingerprint density at radius 2 is 1.78 bits per heavy atom. The quantitative estimate of drug-likeness (QED) is 0.400. The van der Waals surface area contributed by atoms with Gasteiger partial charge in [0.1, 0.15) is 17.4 Å². The van der Waals surface area contributed by atoms with E-state index in [-0.39, 0.29) is 18.0 Å². The second-order valence-corrected chi connectivity index (χ2v) is 8.60. The maximum absolute atomic E-state index is 12.7. The molecule has 3 aromatic rings. The van der Waals surface area contributed by atoms with E-state index in [0.717, 1.165) is 22.1 Å². The van der Waals surface area contributed by atoms with Crippen LogP contribution in [0.3, 0.4) is 0 Å². The van der Waals surface area contributed by atoms with Gasteiger partial charge in [0.2, 0.25) is 5.91 Å². The van der Waals surface area contributed by atoms with E-state index in [1.165, 1.54) is 29.0 Å². The summed E-state index contributed by atoms with van der Waals surface area (Å²) < 4.78 is 5.77. The lowest BCUT2D eigenvalue weighted by atomic mass is 10.2. The number of aromatic nitrogens is 1. The summed E-state index contributed by atoms with van der Waals surface area (Å²) in [6.07, 6.45) is 0.276. The second-order valence-electron chi connectivity index (χ2n) is 7.65. The van der Waals surface area contributed by atoms with Gasteiger partial charge in [-0.3, -0.25) is 14.9 Å². The van der Waals surface area contributed by atoms with Gasteiger partial charge in [-0.05, 0) is 31.2 Å². The minimum Gasteiger partial charge on any atom is -0.486 e. The molecule has 1 saturated heterocycles. The number of nitro benzene ring substituents is 1. The summed E-state index contributed by atoms with van der Waals surface area (Å²) in [6, 6.07) is 14.4. The second kappa shape index (κ2) is 9.78. The molecule has 0 radical (unpaired) electrons. The Bertz CT molecular complexity index is 1070. The number of non-ortho nitro benzene ring substituents is 1. The highest BCUT2D eigenvalue weighted by Gasteiger charge is 2.22. The number of nitro groups is 1. The first-order chi connectivity index (χ1) is 15.5. The Morgan fingerprint density at radius 3 is 2.44 bits per heavy atom. The van der Waals surface area contributed by atoms with Crippen LogP contribution in [0, 0.1) is 17.0 Å². The standard InChI is InChI=1S/C23H24N4O4S/c1-17-2-8-21(9-3-17)31-15-22-24-18(16-32-22)14-23(28)26-12-10-25(11-13-26)19-4-6-20(7-5-19)27(29)30/h2-9,16H,10-15H2,1H3. The molecule has 1 aliphatic rings. The molecule has 1 fully saturated rings. The number of thiazole rings is 1. The van der Waals surface area contributed by atoms with E-state index >= 15 is 0 Å². The van der Waals surface area contributed by atoms with Crippen molar-refractivity contribution in [3.8, 4) is 5.75 Å². The number of rotatable bonds is 7. The van der Waals surface area contributed by atoms with Crippen molar-refractivity contribution >= 4 is 28.6 Å². The molecule has 166 valence electrons. The summed E-state index contributed by atoms with van der Waals surface area (Å²) in [5.41, 5.74) is 2.95. The van der Waals surface area contributed by atoms with E-state index in [4.69, 9.17) is 4.74 Å². The number of piperazine rings is 1. The molecule has 8 nitrogen and oxygen atoms in total. The van der Waals surface area contributed by atoms with E-state index in [0.29, 0.717) is 32.8 Å². The van der Waals surface area contributed by atoms with Crippen LogP contribution in [0.1, 0.15) is 16.3 Å². The Hall–Kier alpha value is -3.46. The molecule has 4 rings (SSSR count). The van der Waals surface area contributed by atoms with Crippen LogP contribution in [0.15, 0.2) is 53.9 Å². The number of nitrogens with zero attached hydrogens (tertiary/aromatic N) is 4. The minimum atomic E-state index is -0.404. The molecule has 32 heavy (non-hydrogen) atoms. The number of anilines is 1. The smallest absolute Gasteiger partial charge is 0.269 e. The Morgan fingerprint density at radius 1 is 1.09 bits per heavy atom. The lowest BCUT2D eigenvalue weighted by molar-refractivity contribution is -0.384. The van der Waals surface area contributed by atoms with E-state index < -0.39 is 4.92 Å². The molecule has 1 amide bonds.